The number of rotatable bonds is 6. The lowest BCUT2D eigenvalue weighted by molar-refractivity contribution is 0.815. The van der Waals surface area contributed by atoms with Crippen LogP contribution in [0.2, 0.25) is 0 Å². The molecule has 1 aromatic carbocycles. The monoisotopic (exact) mass is 207 g/mol. The summed E-state index contributed by atoms with van der Waals surface area (Å²) in [4.78, 5) is 1.28. The third-order valence-electron chi connectivity index (χ3n) is 1.82. The van der Waals surface area contributed by atoms with Gasteiger partial charge in [0.25, 0.3) is 0 Å². The van der Waals surface area contributed by atoms with Crippen LogP contribution in [0, 0.1) is 0 Å². The summed E-state index contributed by atoms with van der Waals surface area (Å²) in [5.41, 5.74) is 0. The lowest BCUT2D eigenvalue weighted by Crippen LogP contribution is -2.04. The van der Waals surface area contributed by atoms with Crippen molar-refractivity contribution in [1.29, 1.82) is 0 Å². The van der Waals surface area contributed by atoms with E-state index < -0.39 is 0 Å². The van der Waals surface area contributed by atoms with Crippen LogP contribution in [0.25, 0.3) is 0 Å². The summed E-state index contributed by atoms with van der Waals surface area (Å²) >= 11 is 1.70. The van der Waals surface area contributed by atoms with Crippen molar-refractivity contribution in [1.82, 2.24) is 4.72 Å². The SMILES string of the molecule is C/C=C/CCCNSc1ccccc1. The van der Waals surface area contributed by atoms with Gasteiger partial charge in [-0.2, -0.15) is 0 Å². The number of benzene rings is 1. The molecule has 0 fully saturated rings. The van der Waals surface area contributed by atoms with Crippen LogP contribution in [0.3, 0.4) is 0 Å². The van der Waals surface area contributed by atoms with E-state index in [9.17, 15) is 0 Å². The normalized spacial score (nSPS) is 10.9. The molecule has 1 rings (SSSR count). The Morgan fingerprint density at radius 1 is 1.29 bits per heavy atom. The summed E-state index contributed by atoms with van der Waals surface area (Å²) in [5, 5.41) is 0. The van der Waals surface area contributed by atoms with Crippen LogP contribution in [0.15, 0.2) is 47.4 Å². The first-order valence-corrected chi connectivity index (χ1v) is 5.81. The molecular formula is C12H17NS. The fourth-order valence-electron chi connectivity index (χ4n) is 1.08. The van der Waals surface area contributed by atoms with Gasteiger partial charge in [-0.25, -0.2) is 0 Å². The maximum absolute atomic E-state index is 3.34. The Bertz CT molecular complexity index is 256. The van der Waals surface area contributed by atoms with Gasteiger partial charge in [0.1, 0.15) is 0 Å². The molecule has 0 aromatic heterocycles. The van der Waals surface area contributed by atoms with Gasteiger partial charge < -0.3 is 0 Å². The maximum atomic E-state index is 3.34. The van der Waals surface area contributed by atoms with Gasteiger partial charge >= 0.3 is 0 Å². The molecule has 0 bridgehead atoms. The van der Waals surface area contributed by atoms with Gasteiger partial charge in [0.2, 0.25) is 0 Å². The highest BCUT2D eigenvalue weighted by molar-refractivity contribution is 7.97. The van der Waals surface area contributed by atoms with E-state index in [-0.39, 0.29) is 0 Å². The van der Waals surface area contributed by atoms with E-state index in [2.05, 4.69) is 48.1 Å². The van der Waals surface area contributed by atoms with Crippen LogP contribution in [0.5, 0.6) is 0 Å². The van der Waals surface area contributed by atoms with Gasteiger partial charge in [0.05, 0.1) is 0 Å². The Morgan fingerprint density at radius 2 is 2.07 bits per heavy atom. The second-order valence-corrected chi connectivity index (χ2v) is 3.98. The van der Waals surface area contributed by atoms with Gasteiger partial charge in [0.15, 0.2) is 0 Å². The third kappa shape index (κ3) is 5.10. The molecule has 0 saturated carbocycles. The molecule has 1 nitrogen and oxygen atoms in total. The summed E-state index contributed by atoms with van der Waals surface area (Å²) in [5.74, 6) is 0. The van der Waals surface area contributed by atoms with E-state index in [0.717, 1.165) is 6.54 Å². The quantitative estimate of drug-likeness (QED) is 0.434. The highest BCUT2D eigenvalue weighted by atomic mass is 32.2. The molecule has 14 heavy (non-hydrogen) atoms. The molecule has 0 amide bonds. The standard InChI is InChI=1S/C12H17NS/c1-2-3-4-8-11-13-14-12-9-6-5-7-10-12/h2-3,5-7,9-10,13H,4,8,11H2,1H3/b3-2+. The minimum absolute atomic E-state index is 1.06. The molecule has 0 spiro atoms. The zero-order chi connectivity index (χ0) is 10.1. The van der Waals surface area contributed by atoms with Crippen molar-refractivity contribution in [3.63, 3.8) is 0 Å². The van der Waals surface area contributed by atoms with Gasteiger partial charge in [-0.15, -0.1) is 0 Å². The van der Waals surface area contributed by atoms with E-state index in [1.165, 1.54) is 17.7 Å². The first-order chi connectivity index (χ1) is 6.93. The second-order valence-electron chi connectivity index (χ2n) is 3.02. The third-order valence-corrected chi connectivity index (χ3v) is 2.67. The van der Waals surface area contributed by atoms with Crippen molar-refractivity contribution in [2.24, 2.45) is 0 Å². The van der Waals surface area contributed by atoms with Crippen molar-refractivity contribution in [2.45, 2.75) is 24.7 Å². The van der Waals surface area contributed by atoms with Crippen LogP contribution in [-0.2, 0) is 0 Å². The summed E-state index contributed by atoms with van der Waals surface area (Å²) in [7, 11) is 0. The van der Waals surface area contributed by atoms with Crippen LogP contribution < -0.4 is 4.72 Å². The van der Waals surface area contributed by atoms with Gasteiger partial charge in [-0.3, -0.25) is 4.72 Å². The fraction of sp³-hybridized carbons (Fsp3) is 0.333. The number of nitrogens with one attached hydrogen (secondary N) is 1. The van der Waals surface area contributed by atoms with E-state index in [0.29, 0.717) is 0 Å². The Kier molecular flexibility index (Phi) is 6.20. The topological polar surface area (TPSA) is 12.0 Å². The van der Waals surface area contributed by atoms with Crippen LogP contribution in [0.4, 0.5) is 0 Å². The van der Waals surface area contributed by atoms with Crippen molar-refractivity contribution in [2.75, 3.05) is 6.54 Å². The van der Waals surface area contributed by atoms with Gasteiger partial charge in [-0.05, 0) is 43.8 Å². The predicted octanol–water partition coefficient (Wildman–Crippen LogP) is 3.64. The largest absolute Gasteiger partial charge is 0.260 e. The predicted molar refractivity (Wildman–Crippen MR) is 64.3 cm³/mol. The Labute approximate surface area is 90.7 Å². The molecule has 1 aromatic rings. The molecule has 0 saturated heterocycles. The fourth-order valence-corrected chi connectivity index (χ4v) is 1.79. The first-order valence-electron chi connectivity index (χ1n) is 4.99. The Balaban J connectivity index is 2.05. The minimum Gasteiger partial charge on any atom is -0.260 e. The minimum atomic E-state index is 1.06. The van der Waals surface area contributed by atoms with Gasteiger partial charge in [0, 0.05) is 11.4 Å². The molecule has 0 atom stereocenters. The molecule has 1 N–H and O–H groups in total. The zero-order valence-corrected chi connectivity index (χ0v) is 9.39. The highest BCUT2D eigenvalue weighted by Gasteiger charge is 1.90. The van der Waals surface area contributed by atoms with Crippen molar-refractivity contribution >= 4 is 11.9 Å². The van der Waals surface area contributed by atoms with Crippen molar-refractivity contribution in [3.8, 4) is 0 Å². The molecule has 0 heterocycles. The first kappa shape index (κ1) is 11.3. The molecule has 76 valence electrons. The maximum Gasteiger partial charge on any atom is 0.0228 e. The Hall–Kier alpha value is -0.730. The van der Waals surface area contributed by atoms with E-state index in [1.54, 1.807) is 11.9 Å². The molecule has 0 aliphatic rings. The van der Waals surface area contributed by atoms with E-state index in [4.69, 9.17) is 0 Å². The number of allylic oxidation sites excluding steroid dienone is 2. The smallest absolute Gasteiger partial charge is 0.0228 e. The van der Waals surface area contributed by atoms with Crippen LogP contribution >= 0.6 is 11.9 Å². The average molecular weight is 207 g/mol. The zero-order valence-electron chi connectivity index (χ0n) is 8.57. The van der Waals surface area contributed by atoms with E-state index in [1.807, 2.05) is 6.07 Å². The molecule has 0 aliphatic carbocycles. The Morgan fingerprint density at radius 3 is 2.79 bits per heavy atom. The lowest BCUT2D eigenvalue weighted by atomic mass is 10.3. The number of hydrogen-bond acceptors (Lipinski definition) is 2. The summed E-state index contributed by atoms with van der Waals surface area (Å²) in [6, 6.07) is 10.4. The summed E-state index contributed by atoms with van der Waals surface area (Å²) < 4.78 is 3.34. The lowest BCUT2D eigenvalue weighted by Gasteiger charge is -2.01. The van der Waals surface area contributed by atoms with Crippen molar-refractivity contribution in [3.05, 3.63) is 42.5 Å². The molecule has 0 aliphatic heterocycles. The van der Waals surface area contributed by atoms with Crippen molar-refractivity contribution < 1.29 is 0 Å². The van der Waals surface area contributed by atoms with Crippen LogP contribution in [0.1, 0.15) is 19.8 Å². The second kappa shape index (κ2) is 7.65. The molecule has 0 unspecified atom stereocenters. The average Bonchev–Trinajstić information content (AvgIpc) is 2.25. The van der Waals surface area contributed by atoms with Crippen LogP contribution in [-0.4, -0.2) is 6.54 Å². The number of unbranched alkanes of at least 4 members (excludes halogenated alkanes) is 1. The van der Waals surface area contributed by atoms with Gasteiger partial charge in [-0.1, -0.05) is 30.4 Å². The van der Waals surface area contributed by atoms with E-state index >= 15 is 0 Å². The molecule has 2 heteroatoms. The summed E-state index contributed by atoms with van der Waals surface area (Å²) in [6.07, 6.45) is 6.67. The number of hydrogen-bond donors (Lipinski definition) is 1. The molecular weight excluding hydrogens is 190 g/mol. The highest BCUT2D eigenvalue weighted by Crippen LogP contribution is 2.12. The molecule has 0 radical (unpaired) electrons. The summed E-state index contributed by atoms with van der Waals surface area (Å²) in [6.45, 7) is 3.12.